The zero-order chi connectivity index (χ0) is 25.4. The van der Waals surface area contributed by atoms with Crippen LogP contribution >= 0.6 is 11.6 Å². The molecule has 0 saturated heterocycles. The molecule has 3 aromatic carbocycles. The van der Waals surface area contributed by atoms with Crippen LogP contribution in [0.1, 0.15) is 36.1 Å². The first-order valence-electron chi connectivity index (χ1n) is 11.8. The van der Waals surface area contributed by atoms with E-state index in [1.54, 1.807) is 11.0 Å². The van der Waals surface area contributed by atoms with Crippen LogP contribution in [0.5, 0.6) is 5.75 Å². The van der Waals surface area contributed by atoms with Crippen LogP contribution in [0.15, 0.2) is 72.8 Å². The smallest absolute Gasteiger partial charge is 0.261 e. The second kappa shape index (κ2) is 12.4. The molecule has 0 fully saturated rings. The summed E-state index contributed by atoms with van der Waals surface area (Å²) in [7, 11) is 0. The van der Waals surface area contributed by atoms with Gasteiger partial charge in [-0.25, -0.2) is 0 Å². The molecular weight excluding hydrogens is 460 g/mol. The van der Waals surface area contributed by atoms with Gasteiger partial charge in [0.15, 0.2) is 6.61 Å². The van der Waals surface area contributed by atoms with E-state index in [1.807, 2.05) is 94.4 Å². The van der Waals surface area contributed by atoms with Crippen molar-refractivity contribution in [1.82, 2.24) is 10.2 Å². The van der Waals surface area contributed by atoms with E-state index in [0.29, 0.717) is 17.2 Å². The van der Waals surface area contributed by atoms with Gasteiger partial charge in [0.25, 0.3) is 5.91 Å². The molecular formula is C29H33ClN2O3. The number of nitrogens with zero attached hydrogens (tertiary/aromatic N) is 1. The molecule has 0 spiro atoms. The second-order valence-corrected chi connectivity index (χ2v) is 9.45. The summed E-state index contributed by atoms with van der Waals surface area (Å²) in [5.41, 5.74) is 3.80. The van der Waals surface area contributed by atoms with Crippen LogP contribution in [0.2, 0.25) is 5.02 Å². The van der Waals surface area contributed by atoms with E-state index >= 15 is 0 Å². The van der Waals surface area contributed by atoms with Gasteiger partial charge < -0.3 is 15.0 Å². The van der Waals surface area contributed by atoms with Gasteiger partial charge in [-0.15, -0.1) is 0 Å². The molecule has 35 heavy (non-hydrogen) atoms. The molecule has 3 aromatic rings. The fourth-order valence-electron chi connectivity index (χ4n) is 3.93. The van der Waals surface area contributed by atoms with E-state index in [-0.39, 0.29) is 31.0 Å². The monoisotopic (exact) mass is 492 g/mol. The first-order chi connectivity index (χ1) is 16.7. The Morgan fingerprint density at radius 2 is 1.66 bits per heavy atom. The number of carbonyl (C=O) groups excluding carboxylic acids is 2. The minimum Gasteiger partial charge on any atom is -0.483 e. The highest BCUT2D eigenvalue weighted by Crippen LogP contribution is 2.22. The SMILES string of the molecule is Cc1ccc(OCC(=O)N(Cc2ccccc2Cl)C(Cc2ccccc2)C(=O)NC(C)C)c(C)c1. The number of ether oxygens (including phenoxy) is 1. The summed E-state index contributed by atoms with van der Waals surface area (Å²) in [6.07, 6.45) is 0.374. The normalized spacial score (nSPS) is 11.7. The van der Waals surface area contributed by atoms with Crippen molar-refractivity contribution in [3.05, 3.63) is 100 Å². The zero-order valence-electron chi connectivity index (χ0n) is 20.8. The Labute approximate surface area is 213 Å². The highest BCUT2D eigenvalue weighted by Gasteiger charge is 2.31. The third-order valence-corrected chi connectivity index (χ3v) is 6.05. The molecule has 1 N–H and O–H groups in total. The Balaban J connectivity index is 1.93. The number of benzene rings is 3. The Morgan fingerprint density at radius 1 is 0.971 bits per heavy atom. The molecule has 0 aromatic heterocycles. The molecule has 0 aliphatic rings. The lowest BCUT2D eigenvalue weighted by atomic mass is 10.0. The molecule has 1 atom stereocenters. The standard InChI is InChI=1S/C29H33ClN2O3/c1-20(2)31-29(34)26(17-23-10-6-5-7-11-23)32(18-24-12-8-9-13-25(24)30)28(33)19-35-27-15-14-21(3)16-22(27)4/h5-16,20,26H,17-19H2,1-4H3,(H,31,34). The van der Waals surface area contributed by atoms with Gasteiger partial charge in [0.2, 0.25) is 5.91 Å². The largest absolute Gasteiger partial charge is 0.483 e. The predicted molar refractivity (Wildman–Crippen MR) is 141 cm³/mol. The molecule has 0 bridgehead atoms. The average molecular weight is 493 g/mol. The molecule has 0 saturated carbocycles. The fourth-order valence-corrected chi connectivity index (χ4v) is 4.12. The quantitative estimate of drug-likeness (QED) is 0.406. The molecule has 6 heteroatoms. The molecule has 0 heterocycles. The highest BCUT2D eigenvalue weighted by molar-refractivity contribution is 6.31. The number of halogens is 1. The van der Waals surface area contributed by atoms with Crippen molar-refractivity contribution in [2.75, 3.05) is 6.61 Å². The number of amides is 2. The van der Waals surface area contributed by atoms with Crippen LogP contribution < -0.4 is 10.1 Å². The number of carbonyl (C=O) groups is 2. The lowest BCUT2D eigenvalue weighted by molar-refractivity contribution is -0.143. The fraction of sp³-hybridized carbons (Fsp3) is 0.310. The van der Waals surface area contributed by atoms with Gasteiger partial charge in [-0.2, -0.15) is 0 Å². The topological polar surface area (TPSA) is 58.6 Å². The van der Waals surface area contributed by atoms with Crippen LogP contribution in [0.4, 0.5) is 0 Å². The first kappa shape index (κ1) is 26.3. The van der Waals surface area contributed by atoms with Crippen molar-refractivity contribution >= 4 is 23.4 Å². The maximum atomic E-state index is 13.6. The third kappa shape index (κ3) is 7.59. The molecule has 5 nitrogen and oxygen atoms in total. The number of nitrogens with one attached hydrogen (secondary N) is 1. The number of aryl methyl sites for hydroxylation is 2. The van der Waals surface area contributed by atoms with E-state index in [0.717, 1.165) is 22.3 Å². The average Bonchev–Trinajstić information content (AvgIpc) is 2.82. The van der Waals surface area contributed by atoms with Gasteiger partial charge >= 0.3 is 0 Å². The van der Waals surface area contributed by atoms with E-state index < -0.39 is 6.04 Å². The maximum Gasteiger partial charge on any atom is 0.261 e. The predicted octanol–water partition coefficient (Wildman–Crippen LogP) is 5.50. The lowest BCUT2D eigenvalue weighted by Gasteiger charge is -2.32. The highest BCUT2D eigenvalue weighted by atomic mass is 35.5. The summed E-state index contributed by atoms with van der Waals surface area (Å²) < 4.78 is 5.91. The van der Waals surface area contributed by atoms with Crippen molar-refractivity contribution in [3.8, 4) is 5.75 Å². The summed E-state index contributed by atoms with van der Waals surface area (Å²) >= 11 is 6.44. The van der Waals surface area contributed by atoms with E-state index in [1.165, 1.54) is 0 Å². The molecule has 184 valence electrons. The van der Waals surface area contributed by atoms with Crippen molar-refractivity contribution in [2.45, 2.75) is 52.7 Å². The van der Waals surface area contributed by atoms with Crippen LogP contribution in [0.3, 0.4) is 0 Å². The van der Waals surface area contributed by atoms with Crippen LogP contribution in [-0.4, -0.2) is 35.4 Å². The Hall–Kier alpha value is -3.31. The first-order valence-corrected chi connectivity index (χ1v) is 12.2. The van der Waals surface area contributed by atoms with Gasteiger partial charge in [0.05, 0.1) is 0 Å². The van der Waals surface area contributed by atoms with Gasteiger partial charge in [0.1, 0.15) is 11.8 Å². The third-order valence-electron chi connectivity index (χ3n) is 5.68. The summed E-state index contributed by atoms with van der Waals surface area (Å²) in [5, 5.41) is 3.53. The summed E-state index contributed by atoms with van der Waals surface area (Å²) in [4.78, 5) is 28.6. The van der Waals surface area contributed by atoms with Gasteiger partial charge in [0, 0.05) is 24.0 Å². The number of rotatable bonds is 10. The van der Waals surface area contributed by atoms with Crippen molar-refractivity contribution in [2.24, 2.45) is 0 Å². The number of hydrogen-bond acceptors (Lipinski definition) is 3. The Bertz CT molecular complexity index is 1150. The Kier molecular flexibility index (Phi) is 9.32. The summed E-state index contributed by atoms with van der Waals surface area (Å²) in [6, 6.07) is 22.1. The molecule has 3 rings (SSSR count). The zero-order valence-corrected chi connectivity index (χ0v) is 21.5. The summed E-state index contributed by atoms with van der Waals surface area (Å²) in [5.74, 6) is 0.147. The molecule has 1 unspecified atom stereocenters. The maximum absolute atomic E-state index is 13.6. The van der Waals surface area contributed by atoms with Crippen molar-refractivity contribution in [1.29, 1.82) is 0 Å². The second-order valence-electron chi connectivity index (χ2n) is 9.04. The van der Waals surface area contributed by atoms with Gasteiger partial charge in [-0.05, 0) is 56.5 Å². The van der Waals surface area contributed by atoms with Gasteiger partial charge in [-0.3, -0.25) is 9.59 Å². The van der Waals surface area contributed by atoms with E-state index in [2.05, 4.69) is 5.32 Å². The lowest BCUT2D eigenvalue weighted by Crippen LogP contribution is -2.52. The van der Waals surface area contributed by atoms with E-state index in [9.17, 15) is 9.59 Å². The van der Waals surface area contributed by atoms with Gasteiger partial charge in [-0.1, -0.05) is 77.8 Å². The number of hydrogen-bond donors (Lipinski definition) is 1. The molecule has 0 aliphatic heterocycles. The molecule has 2 amide bonds. The van der Waals surface area contributed by atoms with E-state index in [4.69, 9.17) is 16.3 Å². The van der Waals surface area contributed by atoms with Crippen LogP contribution in [0.25, 0.3) is 0 Å². The van der Waals surface area contributed by atoms with Crippen LogP contribution in [-0.2, 0) is 22.6 Å². The minimum atomic E-state index is -0.730. The Morgan fingerprint density at radius 3 is 2.31 bits per heavy atom. The summed E-state index contributed by atoms with van der Waals surface area (Å²) in [6.45, 7) is 7.77. The van der Waals surface area contributed by atoms with Crippen molar-refractivity contribution < 1.29 is 14.3 Å². The van der Waals surface area contributed by atoms with Crippen molar-refractivity contribution in [3.63, 3.8) is 0 Å². The molecule has 0 aliphatic carbocycles. The minimum absolute atomic E-state index is 0.0653. The van der Waals surface area contributed by atoms with Crippen LogP contribution in [0, 0.1) is 13.8 Å². The molecule has 0 radical (unpaired) electrons.